The van der Waals surface area contributed by atoms with Crippen LogP contribution in [0.25, 0.3) is 0 Å². The number of anilines is 2. The number of hydrogen-bond acceptors (Lipinski definition) is 4. The van der Waals surface area contributed by atoms with Crippen molar-refractivity contribution in [2.75, 3.05) is 23.4 Å². The predicted molar refractivity (Wildman–Crippen MR) is 121 cm³/mol. The summed E-state index contributed by atoms with van der Waals surface area (Å²) in [4.78, 5) is 39.2. The van der Waals surface area contributed by atoms with E-state index in [4.69, 9.17) is 4.74 Å². The van der Waals surface area contributed by atoms with E-state index in [0.29, 0.717) is 5.69 Å². The smallest absolute Gasteiger partial charge is 0.311 e. The van der Waals surface area contributed by atoms with Gasteiger partial charge >= 0.3 is 5.97 Å². The van der Waals surface area contributed by atoms with Crippen LogP contribution in [0.3, 0.4) is 0 Å². The van der Waals surface area contributed by atoms with Crippen LogP contribution in [0.4, 0.5) is 11.4 Å². The Labute approximate surface area is 183 Å². The van der Waals surface area contributed by atoms with Crippen molar-refractivity contribution in [1.29, 1.82) is 0 Å². The van der Waals surface area contributed by atoms with E-state index in [2.05, 4.69) is 19.2 Å². The van der Waals surface area contributed by atoms with Crippen LogP contribution in [0.15, 0.2) is 36.4 Å². The van der Waals surface area contributed by atoms with E-state index in [0.717, 1.165) is 40.8 Å². The average molecular weight is 423 g/mol. The molecular formula is C25H30N2O4. The number of amides is 2. The number of esters is 1. The van der Waals surface area contributed by atoms with Gasteiger partial charge < -0.3 is 15.0 Å². The second-order valence-corrected chi connectivity index (χ2v) is 7.94. The molecule has 6 nitrogen and oxygen atoms in total. The highest BCUT2D eigenvalue weighted by Gasteiger charge is 2.37. The number of carbonyl (C=O) groups is 3. The van der Waals surface area contributed by atoms with Crippen LogP contribution < -0.4 is 10.2 Å². The zero-order valence-electron chi connectivity index (χ0n) is 18.7. The number of ether oxygens (including phenoxy) is 1. The number of benzene rings is 2. The van der Waals surface area contributed by atoms with Gasteiger partial charge in [0.2, 0.25) is 5.91 Å². The van der Waals surface area contributed by atoms with E-state index in [1.54, 1.807) is 4.90 Å². The normalized spacial score (nSPS) is 15.8. The highest BCUT2D eigenvalue weighted by atomic mass is 16.5. The van der Waals surface area contributed by atoms with Crippen LogP contribution in [-0.4, -0.2) is 30.9 Å². The molecule has 0 saturated carbocycles. The van der Waals surface area contributed by atoms with Gasteiger partial charge in [-0.25, -0.2) is 0 Å². The van der Waals surface area contributed by atoms with Crippen molar-refractivity contribution in [3.63, 3.8) is 0 Å². The molecule has 1 aliphatic heterocycles. The number of hydrogen-bond donors (Lipinski definition) is 1. The third-order valence-electron chi connectivity index (χ3n) is 5.92. The Morgan fingerprint density at radius 1 is 1.06 bits per heavy atom. The molecule has 1 fully saturated rings. The van der Waals surface area contributed by atoms with Gasteiger partial charge in [-0.05, 0) is 55.0 Å². The molecule has 1 saturated heterocycles. The van der Waals surface area contributed by atoms with Crippen molar-refractivity contribution in [3.05, 3.63) is 58.7 Å². The lowest BCUT2D eigenvalue weighted by molar-refractivity contribution is -0.151. The highest BCUT2D eigenvalue weighted by Crippen LogP contribution is 2.32. The second kappa shape index (κ2) is 9.77. The van der Waals surface area contributed by atoms with Gasteiger partial charge in [-0.1, -0.05) is 44.2 Å². The van der Waals surface area contributed by atoms with Crippen LogP contribution in [0.2, 0.25) is 0 Å². The van der Waals surface area contributed by atoms with Crippen LogP contribution in [0.5, 0.6) is 0 Å². The summed E-state index contributed by atoms with van der Waals surface area (Å²) in [6.45, 7) is 7.91. The van der Waals surface area contributed by atoms with Gasteiger partial charge in [0.05, 0.1) is 5.92 Å². The van der Waals surface area contributed by atoms with Crippen molar-refractivity contribution >= 4 is 29.2 Å². The van der Waals surface area contributed by atoms with Crippen LogP contribution in [0.1, 0.15) is 42.5 Å². The van der Waals surface area contributed by atoms with E-state index in [9.17, 15) is 14.4 Å². The topological polar surface area (TPSA) is 75.7 Å². The second-order valence-electron chi connectivity index (χ2n) is 7.94. The summed E-state index contributed by atoms with van der Waals surface area (Å²) < 4.78 is 5.25. The molecular weight excluding hydrogens is 392 g/mol. The standard InChI is InChI=1S/C25H30N2O4/c1-5-18-10-8-11-19(6-2)24(18)27-14-20(13-23(27)29)25(30)31-15-22(28)26-21-12-7-9-16(3)17(21)4/h7-12,20H,5-6,13-15H2,1-4H3,(H,26,28)/t20-/m0/s1. The molecule has 0 aromatic heterocycles. The zero-order chi connectivity index (χ0) is 22.5. The monoisotopic (exact) mass is 422 g/mol. The average Bonchev–Trinajstić information content (AvgIpc) is 3.15. The molecule has 0 spiro atoms. The fourth-order valence-corrected chi connectivity index (χ4v) is 3.97. The van der Waals surface area contributed by atoms with Gasteiger partial charge in [-0.3, -0.25) is 14.4 Å². The summed E-state index contributed by atoms with van der Waals surface area (Å²) in [7, 11) is 0. The molecule has 1 aliphatic rings. The van der Waals surface area contributed by atoms with Gasteiger partial charge in [-0.15, -0.1) is 0 Å². The zero-order valence-corrected chi connectivity index (χ0v) is 18.7. The van der Waals surface area contributed by atoms with Crippen LogP contribution in [-0.2, 0) is 32.0 Å². The molecule has 1 N–H and O–H groups in total. The molecule has 2 aromatic rings. The lowest BCUT2D eigenvalue weighted by Gasteiger charge is -2.23. The third-order valence-corrected chi connectivity index (χ3v) is 5.92. The van der Waals surface area contributed by atoms with E-state index in [1.807, 2.05) is 50.2 Å². The first kappa shape index (κ1) is 22.5. The number of carbonyl (C=O) groups excluding carboxylic acids is 3. The molecule has 3 rings (SSSR count). The molecule has 2 amide bonds. The summed E-state index contributed by atoms with van der Waals surface area (Å²) in [6, 6.07) is 11.7. The summed E-state index contributed by atoms with van der Waals surface area (Å²) in [5.41, 5.74) is 5.84. The number of rotatable bonds is 7. The Morgan fingerprint density at radius 3 is 2.35 bits per heavy atom. The summed E-state index contributed by atoms with van der Waals surface area (Å²) in [5, 5.41) is 2.78. The van der Waals surface area contributed by atoms with Crippen molar-refractivity contribution in [1.82, 2.24) is 0 Å². The SMILES string of the molecule is CCc1cccc(CC)c1N1C[C@@H](C(=O)OCC(=O)Nc2cccc(C)c2C)CC1=O. The fraction of sp³-hybridized carbons (Fsp3) is 0.400. The Hall–Kier alpha value is -3.15. The van der Waals surface area contributed by atoms with Gasteiger partial charge in [0, 0.05) is 24.3 Å². The largest absolute Gasteiger partial charge is 0.455 e. The Bertz CT molecular complexity index is 977. The maximum atomic E-state index is 12.7. The summed E-state index contributed by atoms with van der Waals surface area (Å²) >= 11 is 0. The first-order valence-electron chi connectivity index (χ1n) is 10.8. The molecule has 0 radical (unpaired) electrons. The van der Waals surface area contributed by atoms with Gasteiger partial charge in [0.1, 0.15) is 0 Å². The quantitative estimate of drug-likeness (QED) is 0.685. The Kier molecular flexibility index (Phi) is 7.10. The Balaban J connectivity index is 1.62. The third kappa shape index (κ3) is 4.95. The van der Waals surface area contributed by atoms with Gasteiger partial charge in [-0.2, -0.15) is 0 Å². The van der Waals surface area contributed by atoms with Crippen LogP contribution in [0, 0.1) is 19.8 Å². The molecule has 2 aromatic carbocycles. The van der Waals surface area contributed by atoms with E-state index < -0.39 is 17.8 Å². The summed E-state index contributed by atoms with van der Waals surface area (Å²) in [5.74, 6) is -1.57. The minimum absolute atomic E-state index is 0.0858. The lowest BCUT2D eigenvalue weighted by atomic mass is 10.0. The van der Waals surface area contributed by atoms with Crippen molar-refractivity contribution in [2.24, 2.45) is 5.92 Å². The van der Waals surface area contributed by atoms with Crippen LogP contribution >= 0.6 is 0 Å². The highest BCUT2D eigenvalue weighted by molar-refractivity contribution is 6.01. The number of para-hydroxylation sites is 1. The first-order chi connectivity index (χ1) is 14.8. The molecule has 31 heavy (non-hydrogen) atoms. The predicted octanol–water partition coefficient (Wildman–Crippen LogP) is 3.96. The first-order valence-corrected chi connectivity index (χ1v) is 10.8. The van der Waals surface area contributed by atoms with E-state index >= 15 is 0 Å². The van der Waals surface area contributed by atoms with Crippen molar-refractivity contribution < 1.29 is 19.1 Å². The maximum Gasteiger partial charge on any atom is 0.311 e. The molecule has 1 heterocycles. The number of nitrogens with one attached hydrogen (secondary N) is 1. The van der Waals surface area contributed by atoms with Crippen molar-refractivity contribution in [3.8, 4) is 0 Å². The molecule has 0 aliphatic carbocycles. The summed E-state index contributed by atoms with van der Waals surface area (Å²) in [6.07, 6.45) is 1.71. The maximum absolute atomic E-state index is 12.7. The molecule has 164 valence electrons. The minimum atomic E-state index is -0.573. The number of aryl methyl sites for hydroxylation is 3. The van der Waals surface area contributed by atoms with Gasteiger partial charge in [0.15, 0.2) is 6.61 Å². The lowest BCUT2D eigenvalue weighted by Crippen LogP contribution is -2.29. The molecule has 6 heteroatoms. The minimum Gasteiger partial charge on any atom is -0.455 e. The Morgan fingerprint density at radius 2 is 1.71 bits per heavy atom. The molecule has 0 bridgehead atoms. The van der Waals surface area contributed by atoms with E-state index in [-0.39, 0.29) is 25.5 Å². The van der Waals surface area contributed by atoms with E-state index in [1.165, 1.54) is 0 Å². The van der Waals surface area contributed by atoms with Gasteiger partial charge in [0.25, 0.3) is 5.91 Å². The van der Waals surface area contributed by atoms with Crippen molar-refractivity contribution in [2.45, 2.75) is 47.0 Å². The number of nitrogens with zero attached hydrogens (tertiary/aromatic N) is 1. The fourth-order valence-electron chi connectivity index (χ4n) is 3.97. The molecule has 0 unspecified atom stereocenters. The molecule has 1 atom stereocenters.